The van der Waals surface area contributed by atoms with E-state index in [2.05, 4.69) is 26.5 Å². The summed E-state index contributed by atoms with van der Waals surface area (Å²) in [5.41, 5.74) is 2.38. The molecule has 13 heavy (non-hydrogen) atoms. The van der Waals surface area contributed by atoms with E-state index in [1.54, 1.807) is 6.20 Å². The Hall–Kier alpha value is -0.260. The van der Waals surface area contributed by atoms with Gasteiger partial charge < -0.3 is 0 Å². The fraction of sp³-hybridized carbons (Fsp3) is 0.333. The van der Waals surface area contributed by atoms with Crippen molar-refractivity contribution in [3.8, 4) is 0 Å². The van der Waals surface area contributed by atoms with Gasteiger partial charge in [0.25, 0.3) is 5.91 Å². The number of hydrogen-bond acceptors (Lipinski definition) is 2. The van der Waals surface area contributed by atoms with Gasteiger partial charge >= 0.3 is 0 Å². The first-order valence-electron chi connectivity index (χ1n) is 3.29. The van der Waals surface area contributed by atoms with Crippen molar-refractivity contribution < 1.29 is 4.79 Å². The van der Waals surface area contributed by atoms with E-state index in [0.717, 1.165) is 4.47 Å². The number of halogens is 3. The summed E-state index contributed by atoms with van der Waals surface area (Å²) in [4.78, 5) is 12.4. The summed E-state index contributed by atoms with van der Waals surface area (Å²) in [7, 11) is 0. The Morgan fingerprint density at radius 2 is 2.38 bits per heavy atom. The van der Waals surface area contributed by atoms with Gasteiger partial charge in [-0.1, -0.05) is 23.2 Å². The molecule has 1 amide bonds. The smallest absolute Gasteiger partial charge is 0.270 e. The Labute approximate surface area is 93.3 Å². The fourth-order valence-electron chi connectivity index (χ4n) is 0.564. The van der Waals surface area contributed by atoms with E-state index in [0.29, 0.717) is 0 Å². The van der Waals surface area contributed by atoms with Crippen LogP contribution in [0.2, 0.25) is 0 Å². The molecule has 0 saturated heterocycles. The second kappa shape index (κ2) is 3.86. The molecule has 0 unspecified atom stereocenters. The minimum atomic E-state index is -1.46. The summed E-state index contributed by atoms with van der Waals surface area (Å²) in [5.74, 6) is -0.536. The van der Waals surface area contributed by atoms with Gasteiger partial charge in [0.05, 0.1) is 16.9 Å². The molecule has 1 aromatic heterocycles. The normalized spacial score (nSPS) is 11.4. The van der Waals surface area contributed by atoms with Gasteiger partial charge in [-0.3, -0.25) is 4.79 Å². The van der Waals surface area contributed by atoms with E-state index in [1.807, 2.05) is 0 Å². The minimum absolute atomic E-state index is 0.536. The molecule has 1 N–H and O–H groups in total. The van der Waals surface area contributed by atoms with E-state index in [-0.39, 0.29) is 0 Å². The molecular formula is C6H6BrCl2N3O. The number of alkyl halides is 2. The van der Waals surface area contributed by atoms with Crippen LogP contribution in [0.4, 0.5) is 0 Å². The van der Waals surface area contributed by atoms with E-state index >= 15 is 0 Å². The molecule has 0 saturated carbocycles. The second-order valence-corrected chi connectivity index (χ2v) is 5.05. The van der Waals surface area contributed by atoms with Gasteiger partial charge in [-0.25, -0.2) is 5.43 Å². The zero-order valence-electron chi connectivity index (χ0n) is 6.59. The van der Waals surface area contributed by atoms with Crippen molar-refractivity contribution in [3.63, 3.8) is 0 Å². The van der Waals surface area contributed by atoms with E-state index in [4.69, 9.17) is 23.2 Å². The van der Waals surface area contributed by atoms with Crippen LogP contribution in [0.25, 0.3) is 0 Å². The first-order chi connectivity index (χ1) is 5.89. The standard InChI is InChI=1S/C6H6BrCl2N3O/c1-6(8,9)5(13)11-12-3-4(7)2-10-12/h2-3H,1H3,(H,11,13). The van der Waals surface area contributed by atoms with Crippen LogP contribution in [0.15, 0.2) is 16.9 Å². The molecule has 0 fully saturated rings. The van der Waals surface area contributed by atoms with Crippen molar-refractivity contribution in [1.29, 1.82) is 0 Å². The topological polar surface area (TPSA) is 46.9 Å². The van der Waals surface area contributed by atoms with E-state index < -0.39 is 10.2 Å². The Morgan fingerprint density at radius 1 is 1.77 bits per heavy atom. The number of carbonyl (C=O) groups is 1. The number of carbonyl (C=O) groups excluding carboxylic acids is 1. The number of aromatic nitrogens is 2. The highest BCUT2D eigenvalue weighted by Crippen LogP contribution is 2.19. The van der Waals surface area contributed by atoms with Crippen LogP contribution < -0.4 is 5.43 Å². The molecule has 1 rings (SSSR count). The lowest BCUT2D eigenvalue weighted by Crippen LogP contribution is -2.34. The third-order valence-electron chi connectivity index (χ3n) is 1.17. The van der Waals surface area contributed by atoms with Crippen LogP contribution in [0, 0.1) is 0 Å². The third-order valence-corrected chi connectivity index (χ3v) is 1.92. The second-order valence-electron chi connectivity index (χ2n) is 2.43. The van der Waals surface area contributed by atoms with Crippen molar-refractivity contribution in [2.45, 2.75) is 11.3 Å². The fourth-order valence-corrected chi connectivity index (χ4v) is 0.934. The summed E-state index contributed by atoms with van der Waals surface area (Å²) < 4.78 is -0.711. The molecule has 0 spiro atoms. The van der Waals surface area contributed by atoms with Crippen LogP contribution in [-0.2, 0) is 4.79 Å². The predicted octanol–water partition coefficient (Wildman–Crippen LogP) is 1.91. The maximum absolute atomic E-state index is 11.2. The molecule has 0 radical (unpaired) electrons. The Kier molecular flexibility index (Phi) is 3.21. The monoisotopic (exact) mass is 285 g/mol. The van der Waals surface area contributed by atoms with Crippen LogP contribution in [-0.4, -0.2) is 20.1 Å². The number of rotatable bonds is 2. The molecule has 4 nitrogen and oxygen atoms in total. The SMILES string of the molecule is CC(Cl)(Cl)C(=O)Nn1cc(Br)cn1. The lowest BCUT2D eigenvalue weighted by atomic mass is 10.4. The molecule has 0 aliphatic carbocycles. The maximum Gasteiger partial charge on any atom is 0.276 e. The van der Waals surface area contributed by atoms with Crippen LogP contribution >= 0.6 is 39.1 Å². The summed E-state index contributed by atoms with van der Waals surface area (Å²) in [5, 5.41) is 3.79. The summed E-state index contributed by atoms with van der Waals surface area (Å²) in [6.45, 7) is 1.38. The van der Waals surface area contributed by atoms with Crippen molar-refractivity contribution >= 4 is 45.0 Å². The molecule has 72 valence electrons. The van der Waals surface area contributed by atoms with Crippen molar-refractivity contribution in [3.05, 3.63) is 16.9 Å². The van der Waals surface area contributed by atoms with Crippen LogP contribution in [0.3, 0.4) is 0 Å². The molecular weight excluding hydrogens is 281 g/mol. The first kappa shape index (κ1) is 10.8. The number of hydrogen-bond donors (Lipinski definition) is 1. The van der Waals surface area contributed by atoms with E-state index in [9.17, 15) is 4.79 Å². The van der Waals surface area contributed by atoms with E-state index in [1.165, 1.54) is 17.9 Å². The Bertz CT molecular complexity index is 320. The lowest BCUT2D eigenvalue weighted by Gasteiger charge is -2.12. The third kappa shape index (κ3) is 3.17. The van der Waals surface area contributed by atoms with Gasteiger partial charge in [0.1, 0.15) is 0 Å². The highest BCUT2D eigenvalue weighted by molar-refractivity contribution is 9.10. The molecule has 0 atom stereocenters. The highest BCUT2D eigenvalue weighted by Gasteiger charge is 2.27. The van der Waals surface area contributed by atoms with Gasteiger partial charge in [0.15, 0.2) is 4.33 Å². The van der Waals surface area contributed by atoms with Crippen molar-refractivity contribution in [2.24, 2.45) is 0 Å². The maximum atomic E-state index is 11.2. The molecule has 1 heterocycles. The van der Waals surface area contributed by atoms with Crippen LogP contribution in [0.1, 0.15) is 6.92 Å². The first-order valence-corrected chi connectivity index (χ1v) is 4.84. The minimum Gasteiger partial charge on any atom is -0.270 e. The Balaban J connectivity index is 2.65. The van der Waals surface area contributed by atoms with Gasteiger partial charge in [-0.05, 0) is 22.9 Å². The van der Waals surface area contributed by atoms with Crippen molar-refractivity contribution in [2.75, 3.05) is 5.43 Å². The number of nitrogens with zero attached hydrogens (tertiary/aromatic N) is 2. The molecule has 0 aliphatic rings. The lowest BCUT2D eigenvalue weighted by molar-refractivity contribution is -0.117. The summed E-state index contributed by atoms with van der Waals surface area (Å²) in [6.07, 6.45) is 3.09. The molecule has 0 aliphatic heterocycles. The van der Waals surface area contributed by atoms with Crippen LogP contribution in [0.5, 0.6) is 0 Å². The molecule has 0 aromatic carbocycles. The summed E-state index contributed by atoms with van der Waals surface area (Å²) >= 11 is 14.3. The predicted molar refractivity (Wildman–Crippen MR) is 54.4 cm³/mol. The molecule has 1 aromatic rings. The number of amides is 1. The quantitative estimate of drug-likeness (QED) is 0.845. The van der Waals surface area contributed by atoms with Crippen molar-refractivity contribution in [1.82, 2.24) is 9.89 Å². The Morgan fingerprint density at radius 3 is 2.77 bits per heavy atom. The zero-order chi connectivity index (χ0) is 10.1. The average Bonchev–Trinajstić information content (AvgIpc) is 2.33. The number of nitrogens with one attached hydrogen (secondary N) is 1. The van der Waals surface area contributed by atoms with Gasteiger partial charge in [0, 0.05) is 0 Å². The molecule has 0 bridgehead atoms. The zero-order valence-corrected chi connectivity index (χ0v) is 9.69. The van der Waals surface area contributed by atoms with Gasteiger partial charge in [-0.15, -0.1) is 0 Å². The largest absolute Gasteiger partial charge is 0.276 e. The highest BCUT2D eigenvalue weighted by atomic mass is 79.9. The van der Waals surface area contributed by atoms with Gasteiger partial charge in [-0.2, -0.15) is 9.89 Å². The summed E-state index contributed by atoms with van der Waals surface area (Å²) in [6, 6.07) is 0. The molecule has 7 heteroatoms. The average molecular weight is 287 g/mol. The van der Waals surface area contributed by atoms with Gasteiger partial charge in [0.2, 0.25) is 0 Å².